The number of pyridine rings is 1. The van der Waals surface area contributed by atoms with Crippen LogP contribution in [0.15, 0.2) is 59.4 Å². The molecule has 12 heteroatoms. The van der Waals surface area contributed by atoms with Crippen molar-refractivity contribution < 1.29 is 36.5 Å². The number of benzene rings is 2. The van der Waals surface area contributed by atoms with Crippen LogP contribution in [0.3, 0.4) is 0 Å². The van der Waals surface area contributed by atoms with Gasteiger partial charge in [-0.05, 0) is 35.9 Å². The Hall–Kier alpha value is -4.35. The Kier molecular flexibility index (Phi) is 6.32. The van der Waals surface area contributed by atoms with Gasteiger partial charge in [-0.3, -0.25) is 4.79 Å². The first kappa shape index (κ1) is 23.4. The van der Waals surface area contributed by atoms with E-state index >= 15 is 0 Å². The Morgan fingerprint density at radius 3 is 2.42 bits per heavy atom. The molecule has 1 aliphatic heterocycles. The van der Waals surface area contributed by atoms with E-state index < -0.39 is 25.2 Å². The fraction of sp³-hybridized carbons (Fsp3) is 0.208. The maximum absolute atomic E-state index is 13.7. The molecule has 0 saturated heterocycles. The van der Waals surface area contributed by atoms with Crippen LogP contribution in [0.5, 0.6) is 23.1 Å². The van der Waals surface area contributed by atoms with Crippen LogP contribution in [0.2, 0.25) is 0 Å². The molecule has 36 heavy (non-hydrogen) atoms. The molecule has 0 fully saturated rings. The molecule has 0 aliphatic carbocycles. The quantitative estimate of drug-likeness (QED) is 0.344. The zero-order valence-electron chi connectivity index (χ0n) is 18.4. The van der Waals surface area contributed by atoms with Crippen molar-refractivity contribution in [2.75, 3.05) is 19.8 Å². The molecule has 2 aromatic heterocycles. The standard InChI is InChI=1S/C24H17F4N3O5/c25-19(26)12-35-20-8-6-16-22(29-20)21(13-1-4-15(5-2-13)36-24(27)28)23(32)31(30-16)14-3-7-17-18(11-14)34-10-9-33-17/h1-8,11,19,24H,9-10,12H2. The zero-order valence-corrected chi connectivity index (χ0v) is 18.4. The second-order valence-electron chi connectivity index (χ2n) is 7.54. The van der Waals surface area contributed by atoms with E-state index in [1.807, 2.05) is 0 Å². The van der Waals surface area contributed by atoms with Crippen LogP contribution in [0.4, 0.5) is 17.6 Å². The second-order valence-corrected chi connectivity index (χ2v) is 7.54. The summed E-state index contributed by atoms with van der Waals surface area (Å²) in [7, 11) is 0. The van der Waals surface area contributed by atoms with Gasteiger partial charge in [-0.25, -0.2) is 13.8 Å². The first-order valence-corrected chi connectivity index (χ1v) is 10.7. The van der Waals surface area contributed by atoms with Crippen molar-refractivity contribution in [3.8, 4) is 39.9 Å². The predicted molar refractivity (Wildman–Crippen MR) is 120 cm³/mol. The van der Waals surface area contributed by atoms with Crippen LogP contribution in [0.25, 0.3) is 27.8 Å². The van der Waals surface area contributed by atoms with Crippen molar-refractivity contribution in [3.05, 3.63) is 65.0 Å². The van der Waals surface area contributed by atoms with E-state index in [2.05, 4.69) is 14.8 Å². The van der Waals surface area contributed by atoms with E-state index in [1.54, 1.807) is 18.2 Å². The third-order valence-corrected chi connectivity index (χ3v) is 5.19. The maximum Gasteiger partial charge on any atom is 0.387 e. The van der Waals surface area contributed by atoms with Gasteiger partial charge in [0.2, 0.25) is 5.88 Å². The monoisotopic (exact) mass is 503 g/mol. The minimum atomic E-state index is -3.01. The first-order chi connectivity index (χ1) is 17.4. The largest absolute Gasteiger partial charge is 0.486 e. The van der Waals surface area contributed by atoms with Gasteiger partial charge >= 0.3 is 6.61 Å². The number of aromatic nitrogens is 3. The summed E-state index contributed by atoms with van der Waals surface area (Å²) in [6, 6.07) is 13.1. The Morgan fingerprint density at radius 2 is 1.69 bits per heavy atom. The molecule has 0 saturated carbocycles. The molecule has 1 aliphatic rings. The molecule has 4 aromatic rings. The summed E-state index contributed by atoms with van der Waals surface area (Å²) >= 11 is 0. The molecule has 0 unspecified atom stereocenters. The second kappa shape index (κ2) is 9.72. The third kappa shape index (κ3) is 4.74. The highest BCUT2D eigenvalue weighted by molar-refractivity contribution is 5.91. The van der Waals surface area contributed by atoms with E-state index in [1.165, 1.54) is 36.4 Å². The lowest BCUT2D eigenvalue weighted by Gasteiger charge is -2.19. The molecule has 5 rings (SSSR count). The summed E-state index contributed by atoms with van der Waals surface area (Å²) < 4.78 is 72.1. The Labute approximate surface area is 200 Å². The number of alkyl halides is 4. The average Bonchev–Trinajstić information content (AvgIpc) is 2.87. The number of ether oxygens (including phenoxy) is 4. The van der Waals surface area contributed by atoms with Gasteiger partial charge in [0.1, 0.15) is 30.0 Å². The summed E-state index contributed by atoms with van der Waals surface area (Å²) in [5.41, 5.74) is 0.503. The van der Waals surface area contributed by atoms with Crippen LogP contribution in [-0.4, -0.2) is 47.6 Å². The van der Waals surface area contributed by atoms with E-state index in [0.29, 0.717) is 36.0 Å². The number of hydrogen-bond acceptors (Lipinski definition) is 7. The number of halogens is 4. The number of rotatable bonds is 7. The molecular formula is C24H17F4N3O5. The molecule has 0 spiro atoms. The van der Waals surface area contributed by atoms with Crippen molar-refractivity contribution in [2.24, 2.45) is 0 Å². The van der Waals surface area contributed by atoms with Crippen molar-refractivity contribution >= 4 is 11.0 Å². The van der Waals surface area contributed by atoms with Gasteiger partial charge in [0.25, 0.3) is 12.0 Å². The van der Waals surface area contributed by atoms with Gasteiger partial charge < -0.3 is 18.9 Å². The normalized spacial score (nSPS) is 12.8. The SMILES string of the molecule is O=c1c(-c2ccc(OC(F)F)cc2)c2nc(OCC(F)F)ccc2nn1-c1ccc2c(c1)OCCO2. The molecule has 8 nitrogen and oxygen atoms in total. The molecule has 0 amide bonds. The van der Waals surface area contributed by atoms with Gasteiger partial charge in [-0.15, -0.1) is 0 Å². The van der Waals surface area contributed by atoms with Crippen LogP contribution >= 0.6 is 0 Å². The third-order valence-electron chi connectivity index (χ3n) is 5.19. The molecule has 186 valence electrons. The summed E-state index contributed by atoms with van der Waals surface area (Å²) in [4.78, 5) is 17.9. The Balaban J connectivity index is 1.67. The van der Waals surface area contributed by atoms with E-state index in [4.69, 9.17) is 14.2 Å². The minimum absolute atomic E-state index is 0.0565. The predicted octanol–water partition coefficient (Wildman–Crippen LogP) is 4.46. The minimum Gasteiger partial charge on any atom is -0.486 e. The van der Waals surface area contributed by atoms with Crippen LogP contribution < -0.4 is 24.5 Å². The summed E-state index contributed by atoms with van der Waals surface area (Å²) in [5, 5.41) is 4.39. The van der Waals surface area contributed by atoms with Crippen molar-refractivity contribution in [2.45, 2.75) is 13.0 Å². The van der Waals surface area contributed by atoms with Crippen LogP contribution in [0, 0.1) is 0 Å². The molecule has 0 radical (unpaired) electrons. The van der Waals surface area contributed by atoms with Crippen LogP contribution in [0.1, 0.15) is 0 Å². The molecule has 0 N–H and O–H groups in total. The molecule has 3 heterocycles. The highest BCUT2D eigenvalue weighted by Gasteiger charge is 2.20. The van der Waals surface area contributed by atoms with Crippen molar-refractivity contribution in [3.63, 3.8) is 0 Å². The summed E-state index contributed by atoms with van der Waals surface area (Å²) in [5.74, 6) is 0.737. The smallest absolute Gasteiger partial charge is 0.387 e. The van der Waals surface area contributed by atoms with Gasteiger partial charge in [-0.1, -0.05) is 12.1 Å². The lowest BCUT2D eigenvalue weighted by atomic mass is 10.1. The van der Waals surface area contributed by atoms with Crippen molar-refractivity contribution in [1.29, 1.82) is 0 Å². The number of nitrogens with zero attached hydrogens (tertiary/aromatic N) is 3. The zero-order chi connectivity index (χ0) is 25.2. The van der Waals surface area contributed by atoms with Gasteiger partial charge in [0, 0.05) is 12.1 Å². The van der Waals surface area contributed by atoms with E-state index in [0.717, 1.165) is 4.68 Å². The van der Waals surface area contributed by atoms with Gasteiger partial charge in [0.15, 0.2) is 18.1 Å². The fourth-order valence-electron chi connectivity index (χ4n) is 3.69. The highest BCUT2D eigenvalue weighted by atomic mass is 19.3. The lowest BCUT2D eigenvalue weighted by Crippen LogP contribution is -2.24. The average molecular weight is 503 g/mol. The summed E-state index contributed by atoms with van der Waals surface area (Å²) in [6.45, 7) is -3.14. The Bertz CT molecular complexity index is 1460. The first-order valence-electron chi connectivity index (χ1n) is 10.7. The van der Waals surface area contributed by atoms with E-state index in [-0.39, 0.29) is 28.2 Å². The molecule has 2 aromatic carbocycles. The van der Waals surface area contributed by atoms with E-state index in [9.17, 15) is 22.4 Å². The molecule has 0 bridgehead atoms. The van der Waals surface area contributed by atoms with Crippen molar-refractivity contribution in [1.82, 2.24) is 14.8 Å². The van der Waals surface area contributed by atoms with Gasteiger partial charge in [-0.2, -0.15) is 18.6 Å². The fourth-order valence-corrected chi connectivity index (χ4v) is 3.69. The lowest BCUT2D eigenvalue weighted by molar-refractivity contribution is -0.0498. The van der Waals surface area contributed by atoms with Crippen LogP contribution in [-0.2, 0) is 0 Å². The highest BCUT2D eigenvalue weighted by Crippen LogP contribution is 2.33. The summed E-state index contributed by atoms with van der Waals surface area (Å²) in [6.07, 6.45) is -2.72. The topological polar surface area (TPSA) is 84.7 Å². The number of hydrogen-bond donors (Lipinski definition) is 0. The number of fused-ring (bicyclic) bond motifs is 2. The Morgan fingerprint density at radius 1 is 0.944 bits per heavy atom. The maximum atomic E-state index is 13.7. The molecular weight excluding hydrogens is 486 g/mol. The molecule has 0 atom stereocenters. The van der Waals surface area contributed by atoms with Gasteiger partial charge in [0.05, 0.1) is 11.3 Å².